The lowest BCUT2D eigenvalue weighted by Gasteiger charge is -2.22. The van der Waals surface area contributed by atoms with Crippen molar-refractivity contribution in [2.45, 2.75) is 25.8 Å². The summed E-state index contributed by atoms with van der Waals surface area (Å²) in [4.78, 5) is 1.43. The fourth-order valence-electron chi connectivity index (χ4n) is 2.11. The number of hydrogen-bond acceptors (Lipinski definition) is 3. The highest BCUT2D eigenvalue weighted by atomic mass is 79.9. The van der Waals surface area contributed by atoms with Crippen molar-refractivity contribution in [1.82, 2.24) is 5.32 Å². The number of ether oxygens (including phenoxy) is 1. The van der Waals surface area contributed by atoms with Crippen LogP contribution in [-0.4, -0.2) is 19.8 Å². The number of halogens is 1. The Kier molecular flexibility index (Phi) is 4.82. The fourth-order valence-corrected chi connectivity index (χ4v) is 3.70. The molecule has 1 fully saturated rings. The van der Waals surface area contributed by atoms with Gasteiger partial charge in [0.15, 0.2) is 0 Å². The lowest BCUT2D eigenvalue weighted by molar-refractivity contribution is 0.177. The van der Waals surface area contributed by atoms with Gasteiger partial charge in [-0.3, -0.25) is 0 Å². The van der Waals surface area contributed by atoms with Crippen LogP contribution in [0.4, 0.5) is 0 Å². The van der Waals surface area contributed by atoms with Crippen LogP contribution in [0.15, 0.2) is 15.9 Å². The third-order valence-corrected chi connectivity index (χ3v) is 4.66. The van der Waals surface area contributed by atoms with Crippen LogP contribution in [0.1, 0.15) is 30.7 Å². The van der Waals surface area contributed by atoms with Gasteiger partial charge < -0.3 is 10.1 Å². The molecule has 16 heavy (non-hydrogen) atoms. The first kappa shape index (κ1) is 12.6. The molecule has 2 unspecified atom stereocenters. The van der Waals surface area contributed by atoms with Crippen molar-refractivity contribution in [3.05, 3.63) is 20.8 Å². The Morgan fingerprint density at radius 3 is 3.06 bits per heavy atom. The topological polar surface area (TPSA) is 21.3 Å². The highest BCUT2D eigenvalue weighted by Gasteiger charge is 2.27. The van der Waals surface area contributed by atoms with E-state index < -0.39 is 0 Å². The van der Waals surface area contributed by atoms with Gasteiger partial charge in [0.1, 0.15) is 0 Å². The van der Waals surface area contributed by atoms with Crippen LogP contribution in [-0.2, 0) is 4.74 Å². The SMILES string of the molecule is CCCNC(c1ccc(Br)s1)C1CCOC1. The van der Waals surface area contributed by atoms with Crippen LogP contribution in [0.5, 0.6) is 0 Å². The molecule has 0 bridgehead atoms. The lowest BCUT2D eigenvalue weighted by atomic mass is 9.97. The zero-order valence-corrected chi connectivity index (χ0v) is 11.9. The molecule has 0 radical (unpaired) electrons. The van der Waals surface area contributed by atoms with Crippen molar-refractivity contribution >= 4 is 27.3 Å². The molecule has 1 aliphatic rings. The Balaban J connectivity index is 2.06. The molecule has 2 rings (SSSR count). The van der Waals surface area contributed by atoms with Crippen LogP contribution in [0.2, 0.25) is 0 Å². The van der Waals surface area contributed by atoms with E-state index in [1.807, 2.05) is 11.3 Å². The van der Waals surface area contributed by atoms with Gasteiger partial charge in [-0.15, -0.1) is 11.3 Å². The van der Waals surface area contributed by atoms with Crippen LogP contribution in [0, 0.1) is 5.92 Å². The molecular formula is C12H18BrNOS. The highest BCUT2D eigenvalue weighted by Crippen LogP contribution is 2.34. The summed E-state index contributed by atoms with van der Waals surface area (Å²) in [5.74, 6) is 0.636. The second-order valence-corrected chi connectivity index (χ2v) is 6.69. The smallest absolute Gasteiger partial charge is 0.0701 e. The van der Waals surface area contributed by atoms with E-state index in [4.69, 9.17) is 4.74 Å². The van der Waals surface area contributed by atoms with Gasteiger partial charge in [-0.25, -0.2) is 0 Å². The predicted molar refractivity (Wildman–Crippen MR) is 72.0 cm³/mol. The van der Waals surface area contributed by atoms with Crippen LogP contribution < -0.4 is 5.32 Å². The van der Waals surface area contributed by atoms with Gasteiger partial charge >= 0.3 is 0 Å². The Labute approximate surface area is 110 Å². The molecule has 0 aliphatic carbocycles. The molecule has 0 amide bonds. The van der Waals surface area contributed by atoms with Crippen molar-refractivity contribution in [2.75, 3.05) is 19.8 Å². The van der Waals surface area contributed by atoms with Crippen molar-refractivity contribution in [1.29, 1.82) is 0 Å². The minimum Gasteiger partial charge on any atom is -0.381 e. The Bertz CT molecular complexity index is 323. The molecule has 2 atom stereocenters. The molecule has 1 aromatic rings. The molecule has 0 spiro atoms. The van der Waals surface area contributed by atoms with E-state index in [1.54, 1.807) is 0 Å². The zero-order valence-electron chi connectivity index (χ0n) is 9.54. The molecule has 0 aromatic carbocycles. The van der Waals surface area contributed by atoms with Crippen molar-refractivity contribution in [2.24, 2.45) is 5.92 Å². The summed E-state index contributed by atoms with van der Waals surface area (Å²) in [6.45, 7) is 5.11. The van der Waals surface area contributed by atoms with Gasteiger partial charge in [-0.2, -0.15) is 0 Å². The maximum Gasteiger partial charge on any atom is 0.0701 e. The quantitative estimate of drug-likeness (QED) is 0.897. The second-order valence-electron chi connectivity index (χ2n) is 4.20. The van der Waals surface area contributed by atoms with Gasteiger partial charge in [0.2, 0.25) is 0 Å². The Morgan fingerprint density at radius 2 is 2.50 bits per heavy atom. The first-order chi connectivity index (χ1) is 7.81. The average molecular weight is 304 g/mol. The third-order valence-electron chi connectivity index (χ3n) is 2.95. The van der Waals surface area contributed by atoms with E-state index in [1.165, 1.54) is 21.5 Å². The summed E-state index contributed by atoms with van der Waals surface area (Å²) in [6.07, 6.45) is 2.35. The van der Waals surface area contributed by atoms with Crippen molar-refractivity contribution in [3.63, 3.8) is 0 Å². The number of rotatable bonds is 5. The van der Waals surface area contributed by atoms with Gasteiger partial charge in [-0.1, -0.05) is 6.92 Å². The molecule has 1 aliphatic heterocycles. The maximum atomic E-state index is 5.50. The Morgan fingerprint density at radius 1 is 1.62 bits per heavy atom. The summed E-state index contributed by atoms with van der Waals surface area (Å²) in [7, 11) is 0. The maximum absolute atomic E-state index is 5.50. The summed E-state index contributed by atoms with van der Waals surface area (Å²) in [6, 6.07) is 4.83. The molecular weight excluding hydrogens is 286 g/mol. The van der Waals surface area contributed by atoms with E-state index in [9.17, 15) is 0 Å². The first-order valence-electron chi connectivity index (χ1n) is 5.87. The van der Waals surface area contributed by atoms with Crippen molar-refractivity contribution < 1.29 is 4.74 Å². The summed E-state index contributed by atoms with van der Waals surface area (Å²) < 4.78 is 6.71. The van der Waals surface area contributed by atoms with Gasteiger partial charge in [0, 0.05) is 23.4 Å². The normalized spacial score (nSPS) is 22.5. The molecule has 2 heterocycles. The van der Waals surface area contributed by atoms with Gasteiger partial charge in [0.05, 0.1) is 10.4 Å². The van der Waals surface area contributed by atoms with Crippen LogP contribution in [0.3, 0.4) is 0 Å². The lowest BCUT2D eigenvalue weighted by Crippen LogP contribution is -2.28. The monoisotopic (exact) mass is 303 g/mol. The second kappa shape index (κ2) is 6.15. The molecule has 2 nitrogen and oxygen atoms in total. The highest BCUT2D eigenvalue weighted by molar-refractivity contribution is 9.11. The van der Waals surface area contributed by atoms with Crippen LogP contribution in [0.25, 0.3) is 0 Å². The number of thiophene rings is 1. The van der Waals surface area contributed by atoms with E-state index in [-0.39, 0.29) is 0 Å². The average Bonchev–Trinajstić information content (AvgIpc) is 2.91. The summed E-state index contributed by atoms with van der Waals surface area (Å²) in [5, 5.41) is 3.65. The molecule has 4 heteroatoms. The summed E-state index contributed by atoms with van der Waals surface area (Å²) >= 11 is 5.37. The van der Waals surface area contributed by atoms with E-state index in [0.717, 1.165) is 19.8 Å². The Hall–Kier alpha value is 0.1000. The van der Waals surface area contributed by atoms with Gasteiger partial charge in [0.25, 0.3) is 0 Å². The molecule has 1 saturated heterocycles. The molecule has 1 aromatic heterocycles. The van der Waals surface area contributed by atoms with E-state index in [2.05, 4.69) is 40.3 Å². The predicted octanol–water partition coefficient (Wildman–Crippen LogP) is 3.59. The summed E-state index contributed by atoms with van der Waals surface area (Å²) in [5.41, 5.74) is 0. The third kappa shape index (κ3) is 3.06. The van der Waals surface area contributed by atoms with E-state index >= 15 is 0 Å². The minimum absolute atomic E-state index is 0.471. The first-order valence-corrected chi connectivity index (χ1v) is 7.48. The minimum atomic E-state index is 0.471. The molecule has 1 N–H and O–H groups in total. The van der Waals surface area contributed by atoms with Crippen LogP contribution >= 0.6 is 27.3 Å². The zero-order chi connectivity index (χ0) is 11.4. The van der Waals surface area contributed by atoms with Gasteiger partial charge in [-0.05, 0) is 47.4 Å². The number of nitrogens with one attached hydrogen (secondary N) is 1. The van der Waals surface area contributed by atoms with E-state index in [0.29, 0.717) is 12.0 Å². The molecule has 0 saturated carbocycles. The number of hydrogen-bond donors (Lipinski definition) is 1. The van der Waals surface area contributed by atoms with Crippen molar-refractivity contribution in [3.8, 4) is 0 Å². The largest absolute Gasteiger partial charge is 0.381 e. The fraction of sp³-hybridized carbons (Fsp3) is 0.667. The molecule has 90 valence electrons. The standard InChI is InChI=1S/C12H18BrNOS/c1-2-6-14-12(9-5-7-15-8-9)10-3-4-11(13)16-10/h3-4,9,12,14H,2,5-8H2,1H3.